The zero-order chi connectivity index (χ0) is 18.7. The molecular weight excluding hydrogens is 368 g/mol. The summed E-state index contributed by atoms with van der Waals surface area (Å²) in [7, 11) is 0. The van der Waals surface area contributed by atoms with Crippen molar-refractivity contribution in [3.63, 3.8) is 0 Å². The number of hydrogen-bond acceptors (Lipinski definition) is 3. The van der Waals surface area contributed by atoms with Crippen LogP contribution in [0.5, 0.6) is 0 Å². The van der Waals surface area contributed by atoms with E-state index in [0.29, 0.717) is 22.3 Å². The Hall–Kier alpha value is -1.20. The fraction of sp³-hybridized carbons (Fsp3) is 0.600. The minimum Gasteiger partial charge on any atom is -0.352 e. The Balaban J connectivity index is 1.89. The number of rotatable bonds is 4. The molecule has 2 atom stereocenters. The summed E-state index contributed by atoms with van der Waals surface area (Å²) in [5.41, 5.74) is 0.486. The summed E-state index contributed by atoms with van der Waals surface area (Å²) in [6.45, 7) is 3.89. The second-order valence-electron chi connectivity index (χ2n) is 7.49. The van der Waals surface area contributed by atoms with Crippen LogP contribution in [0.15, 0.2) is 24.3 Å². The summed E-state index contributed by atoms with van der Waals surface area (Å²) in [6.07, 6.45) is 5.94. The number of nitrogens with zero attached hydrogens (tertiary/aromatic N) is 1. The second kappa shape index (κ2) is 8.66. The third-order valence-corrected chi connectivity index (χ3v) is 6.95. The molecule has 0 spiro atoms. The van der Waals surface area contributed by atoms with Gasteiger partial charge in [0.2, 0.25) is 5.91 Å². The molecule has 1 heterocycles. The van der Waals surface area contributed by atoms with Gasteiger partial charge in [0.05, 0.1) is 16.0 Å². The van der Waals surface area contributed by atoms with E-state index in [1.54, 1.807) is 23.9 Å². The summed E-state index contributed by atoms with van der Waals surface area (Å²) < 4.78 is 0. The van der Waals surface area contributed by atoms with Crippen LogP contribution >= 0.6 is 23.4 Å². The summed E-state index contributed by atoms with van der Waals surface area (Å²) in [5.74, 6) is 0.916. The van der Waals surface area contributed by atoms with Crippen molar-refractivity contribution in [3.8, 4) is 0 Å². The molecule has 2 amide bonds. The molecule has 6 heteroatoms. The molecule has 1 saturated carbocycles. The number of halogens is 1. The largest absolute Gasteiger partial charge is 0.352 e. The Morgan fingerprint density at radius 3 is 2.54 bits per heavy atom. The Morgan fingerprint density at radius 1 is 1.19 bits per heavy atom. The highest BCUT2D eigenvalue weighted by atomic mass is 35.5. The predicted octanol–water partition coefficient (Wildman–Crippen LogP) is 4.33. The zero-order valence-corrected chi connectivity index (χ0v) is 17.0. The van der Waals surface area contributed by atoms with E-state index in [0.717, 1.165) is 12.8 Å². The molecule has 0 bridgehead atoms. The number of carbonyl (C=O) groups excluding carboxylic acids is 2. The lowest BCUT2D eigenvalue weighted by Crippen LogP contribution is -2.52. The molecule has 26 heavy (non-hydrogen) atoms. The molecular formula is C20H27ClN2O2S. The van der Waals surface area contributed by atoms with Crippen LogP contribution < -0.4 is 5.32 Å². The fourth-order valence-electron chi connectivity index (χ4n) is 3.92. The van der Waals surface area contributed by atoms with Crippen LogP contribution in [0.1, 0.15) is 56.3 Å². The summed E-state index contributed by atoms with van der Waals surface area (Å²) in [5, 5.41) is 3.48. The first-order valence-corrected chi connectivity index (χ1v) is 10.9. The van der Waals surface area contributed by atoms with Crippen LogP contribution in [0, 0.1) is 5.92 Å². The lowest BCUT2D eigenvalue weighted by Gasteiger charge is -2.35. The molecule has 2 unspecified atom stereocenters. The van der Waals surface area contributed by atoms with Gasteiger partial charge in [-0.2, -0.15) is 0 Å². The van der Waals surface area contributed by atoms with Crippen LogP contribution in [0.3, 0.4) is 0 Å². The Bertz CT molecular complexity index is 661. The van der Waals surface area contributed by atoms with Gasteiger partial charge in [-0.15, -0.1) is 11.8 Å². The number of thioether (sulfide) groups is 1. The molecule has 142 valence electrons. The third-order valence-electron chi connectivity index (χ3n) is 5.16. The number of amides is 2. The number of carbonyl (C=O) groups is 2. The van der Waals surface area contributed by atoms with E-state index in [1.165, 1.54) is 19.3 Å². The van der Waals surface area contributed by atoms with Crippen LogP contribution in [0.4, 0.5) is 0 Å². The van der Waals surface area contributed by atoms with Crippen molar-refractivity contribution in [3.05, 3.63) is 34.9 Å². The quantitative estimate of drug-likeness (QED) is 0.826. The SMILES string of the molecule is CC(C)NC(=O)C1CSC(C2CCCCC2)N1C(=O)c1ccccc1Cl. The summed E-state index contributed by atoms with van der Waals surface area (Å²) >= 11 is 8.04. The first-order chi connectivity index (χ1) is 12.5. The van der Waals surface area contributed by atoms with E-state index in [-0.39, 0.29) is 23.2 Å². The predicted molar refractivity (Wildman–Crippen MR) is 108 cm³/mol. The van der Waals surface area contributed by atoms with Crippen molar-refractivity contribution < 1.29 is 9.59 Å². The molecule has 1 aromatic carbocycles. The van der Waals surface area contributed by atoms with Crippen molar-refractivity contribution >= 4 is 35.2 Å². The van der Waals surface area contributed by atoms with E-state index in [9.17, 15) is 9.59 Å². The minimum absolute atomic E-state index is 0.0542. The molecule has 2 aliphatic rings. The molecule has 0 radical (unpaired) electrons. The molecule has 2 fully saturated rings. The smallest absolute Gasteiger partial charge is 0.256 e. The van der Waals surface area contributed by atoms with E-state index in [1.807, 2.05) is 30.9 Å². The van der Waals surface area contributed by atoms with Crippen LogP contribution in [0.2, 0.25) is 5.02 Å². The molecule has 4 nitrogen and oxygen atoms in total. The average Bonchev–Trinajstić information content (AvgIpc) is 3.07. The zero-order valence-electron chi connectivity index (χ0n) is 15.4. The summed E-state index contributed by atoms with van der Waals surface area (Å²) in [6, 6.07) is 6.75. The van der Waals surface area contributed by atoms with E-state index in [4.69, 9.17) is 11.6 Å². The van der Waals surface area contributed by atoms with Crippen LogP contribution in [0.25, 0.3) is 0 Å². The third kappa shape index (κ3) is 4.20. The maximum Gasteiger partial charge on any atom is 0.256 e. The van der Waals surface area contributed by atoms with Crippen molar-refractivity contribution in [2.75, 3.05) is 5.75 Å². The normalized spacial score (nSPS) is 24.1. The molecule has 1 aliphatic carbocycles. The van der Waals surface area contributed by atoms with Crippen molar-refractivity contribution in [1.29, 1.82) is 0 Å². The van der Waals surface area contributed by atoms with E-state index < -0.39 is 6.04 Å². The van der Waals surface area contributed by atoms with Gasteiger partial charge >= 0.3 is 0 Å². The Morgan fingerprint density at radius 2 is 1.88 bits per heavy atom. The lowest BCUT2D eigenvalue weighted by atomic mass is 9.88. The molecule has 1 aliphatic heterocycles. The molecule has 0 aromatic heterocycles. The maximum absolute atomic E-state index is 13.4. The standard InChI is InChI=1S/C20H27ClN2O2S/c1-13(2)22-18(24)17-12-26-20(14-8-4-3-5-9-14)23(17)19(25)15-10-6-7-11-16(15)21/h6-7,10-11,13-14,17,20H,3-5,8-9,12H2,1-2H3,(H,22,24). The van der Waals surface area contributed by atoms with Gasteiger partial charge in [0.25, 0.3) is 5.91 Å². The maximum atomic E-state index is 13.4. The average molecular weight is 395 g/mol. The monoisotopic (exact) mass is 394 g/mol. The van der Waals surface area contributed by atoms with Gasteiger partial charge in [-0.25, -0.2) is 0 Å². The molecule has 1 saturated heterocycles. The van der Waals surface area contributed by atoms with Crippen molar-refractivity contribution in [1.82, 2.24) is 10.2 Å². The second-order valence-corrected chi connectivity index (χ2v) is 9.05. The van der Waals surface area contributed by atoms with Gasteiger partial charge in [-0.05, 0) is 44.7 Å². The number of benzene rings is 1. The van der Waals surface area contributed by atoms with Gasteiger partial charge in [-0.3, -0.25) is 9.59 Å². The van der Waals surface area contributed by atoms with Crippen LogP contribution in [-0.4, -0.2) is 39.9 Å². The highest BCUT2D eigenvalue weighted by Crippen LogP contribution is 2.41. The van der Waals surface area contributed by atoms with Gasteiger partial charge in [0, 0.05) is 11.8 Å². The molecule has 1 aromatic rings. The van der Waals surface area contributed by atoms with Crippen molar-refractivity contribution in [2.45, 2.75) is 63.4 Å². The van der Waals surface area contributed by atoms with Gasteiger partial charge < -0.3 is 10.2 Å². The fourth-order valence-corrected chi connectivity index (χ4v) is 5.78. The van der Waals surface area contributed by atoms with Crippen molar-refractivity contribution in [2.24, 2.45) is 5.92 Å². The van der Waals surface area contributed by atoms with E-state index >= 15 is 0 Å². The van der Waals surface area contributed by atoms with Gasteiger partial charge in [0.1, 0.15) is 6.04 Å². The Labute approximate surface area is 165 Å². The summed E-state index contributed by atoms with van der Waals surface area (Å²) in [4.78, 5) is 28.0. The number of nitrogens with one attached hydrogen (secondary N) is 1. The first kappa shape index (κ1) is 19.6. The lowest BCUT2D eigenvalue weighted by molar-refractivity contribution is -0.125. The molecule has 3 rings (SSSR count). The van der Waals surface area contributed by atoms with Crippen LogP contribution in [-0.2, 0) is 4.79 Å². The highest BCUT2D eigenvalue weighted by molar-refractivity contribution is 8.00. The topological polar surface area (TPSA) is 49.4 Å². The highest BCUT2D eigenvalue weighted by Gasteiger charge is 2.45. The number of hydrogen-bond donors (Lipinski definition) is 1. The van der Waals surface area contributed by atoms with Gasteiger partial charge in [-0.1, -0.05) is 43.0 Å². The minimum atomic E-state index is -0.432. The first-order valence-electron chi connectivity index (χ1n) is 9.48. The molecule has 1 N–H and O–H groups in total. The van der Waals surface area contributed by atoms with Gasteiger partial charge in [0.15, 0.2) is 0 Å². The van der Waals surface area contributed by atoms with E-state index in [2.05, 4.69) is 5.32 Å². The Kier molecular flexibility index (Phi) is 6.51.